The van der Waals surface area contributed by atoms with Crippen molar-refractivity contribution in [3.8, 4) is 0 Å². The van der Waals surface area contributed by atoms with Crippen molar-refractivity contribution in [2.24, 2.45) is 0 Å². The largest absolute Gasteiger partial charge is 0.383 e. The number of likely N-dealkylation sites (N-methyl/N-ethyl adjacent to an activating group) is 1. The van der Waals surface area contributed by atoms with Crippen molar-refractivity contribution in [2.45, 2.75) is 24.8 Å². The molecular weight excluding hydrogens is 264 g/mol. The summed E-state index contributed by atoms with van der Waals surface area (Å²) in [6, 6.07) is 10.6. The number of nitrogens with zero attached hydrogens (tertiary/aromatic N) is 3. The predicted molar refractivity (Wildman–Crippen MR) is 81.0 cm³/mol. The van der Waals surface area contributed by atoms with E-state index in [1.165, 1.54) is 5.56 Å². The highest BCUT2D eigenvalue weighted by Crippen LogP contribution is 2.51. The summed E-state index contributed by atoms with van der Waals surface area (Å²) in [5, 5.41) is 7.55. The molecule has 2 aromatic rings. The second-order valence-electron chi connectivity index (χ2n) is 5.78. The maximum absolute atomic E-state index is 5.09. The van der Waals surface area contributed by atoms with Gasteiger partial charge >= 0.3 is 0 Å². The summed E-state index contributed by atoms with van der Waals surface area (Å²) in [6.07, 6.45) is 2.27. The molecule has 1 aliphatic carbocycles. The molecule has 0 radical (unpaired) electrons. The third-order valence-electron chi connectivity index (χ3n) is 4.13. The molecule has 5 nitrogen and oxygen atoms in total. The highest BCUT2D eigenvalue weighted by atomic mass is 16.5. The van der Waals surface area contributed by atoms with Gasteiger partial charge < -0.3 is 4.74 Å². The van der Waals surface area contributed by atoms with Crippen LogP contribution in [-0.2, 0) is 16.7 Å². The average Bonchev–Trinajstić information content (AvgIpc) is 3.20. The highest BCUT2D eigenvalue weighted by molar-refractivity contribution is 5.38. The topological polar surface area (TPSA) is 54.0 Å². The zero-order chi connectivity index (χ0) is 14.7. The zero-order valence-electron chi connectivity index (χ0n) is 12.7. The van der Waals surface area contributed by atoms with Crippen LogP contribution in [0.2, 0.25) is 0 Å². The van der Waals surface area contributed by atoms with Gasteiger partial charge in [-0.15, -0.1) is 0 Å². The molecule has 5 heteroatoms. The molecule has 1 aliphatic rings. The molecular formula is C16H22N4O. The van der Waals surface area contributed by atoms with E-state index in [9.17, 15) is 0 Å². The van der Waals surface area contributed by atoms with Gasteiger partial charge in [-0.2, -0.15) is 5.10 Å². The Bertz CT molecular complexity index is 577. The molecule has 21 heavy (non-hydrogen) atoms. The monoisotopic (exact) mass is 286 g/mol. The SMILES string of the molecule is COCCN(C)Cc1nc(C2(c3ccccc3)CC2)n[nH]1. The quantitative estimate of drug-likeness (QED) is 0.845. The number of rotatable bonds is 7. The van der Waals surface area contributed by atoms with Gasteiger partial charge in [0.15, 0.2) is 5.82 Å². The van der Waals surface area contributed by atoms with Crippen LogP contribution in [0, 0.1) is 0 Å². The van der Waals surface area contributed by atoms with Crippen molar-refractivity contribution in [3.05, 3.63) is 47.5 Å². The third kappa shape index (κ3) is 2.99. The fourth-order valence-electron chi connectivity index (χ4n) is 2.69. The number of hydrogen-bond donors (Lipinski definition) is 1. The van der Waals surface area contributed by atoms with Gasteiger partial charge in [-0.3, -0.25) is 10.00 Å². The molecule has 1 saturated carbocycles. The van der Waals surface area contributed by atoms with Crippen LogP contribution >= 0.6 is 0 Å². The van der Waals surface area contributed by atoms with Gasteiger partial charge in [0.1, 0.15) is 5.82 Å². The van der Waals surface area contributed by atoms with E-state index in [4.69, 9.17) is 9.72 Å². The first-order valence-electron chi connectivity index (χ1n) is 7.39. The maximum atomic E-state index is 5.09. The summed E-state index contributed by atoms with van der Waals surface area (Å²) >= 11 is 0. The number of nitrogens with one attached hydrogen (secondary N) is 1. The Morgan fingerprint density at radius 1 is 1.29 bits per heavy atom. The molecule has 0 saturated heterocycles. The van der Waals surface area contributed by atoms with E-state index in [2.05, 4.69) is 46.4 Å². The lowest BCUT2D eigenvalue weighted by Crippen LogP contribution is -2.23. The smallest absolute Gasteiger partial charge is 0.161 e. The van der Waals surface area contributed by atoms with Crippen molar-refractivity contribution >= 4 is 0 Å². The van der Waals surface area contributed by atoms with Gasteiger partial charge in [0.25, 0.3) is 0 Å². The molecule has 112 valence electrons. The molecule has 0 unspecified atom stereocenters. The summed E-state index contributed by atoms with van der Waals surface area (Å²) in [5.41, 5.74) is 1.37. The maximum Gasteiger partial charge on any atom is 0.161 e. The number of aromatic nitrogens is 3. The lowest BCUT2D eigenvalue weighted by atomic mass is 9.95. The van der Waals surface area contributed by atoms with E-state index in [1.807, 2.05) is 6.07 Å². The Hall–Kier alpha value is -1.72. The minimum atomic E-state index is 0.0428. The Morgan fingerprint density at radius 3 is 2.71 bits per heavy atom. The highest BCUT2D eigenvalue weighted by Gasteiger charge is 2.49. The second kappa shape index (κ2) is 5.95. The van der Waals surface area contributed by atoms with E-state index in [-0.39, 0.29) is 5.41 Å². The molecule has 1 heterocycles. The molecule has 1 fully saturated rings. The van der Waals surface area contributed by atoms with Crippen LogP contribution in [0.4, 0.5) is 0 Å². The fraction of sp³-hybridized carbons (Fsp3) is 0.500. The first-order chi connectivity index (χ1) is 10.2. The number of hydrogen-bond acceptors (Lipinski definition) is 4. The summed E-state index contributed by atoms with van der Waals surface area (Å²) in [5.74, 6) is 1.86. The lowest BCUT2D eigenvalue weighted by Gasteiger charge is -2.14. The molecule has 0 amide bonds. The molecule has 0 bridgehead atoms. The van der Waals surface area contributed by atoms with Crippen LogP contribution in [0.1, 0.15) is 30.1 Å². The van der Waals surface area contributed by atoms with Crippen LogP contribution in [0.25, 0.3) is 0 Å². The normalized spacial score (nSPS) is 16.3. The molecule has 1 aromatic carbocycles. The van der Waals surface area contributed by atoms with Gasteiger partial charge in [0.05, 0.1) is 18.6 Å². The van der Waals surface area contributed by atoms with Crippen LogP contribution in [0.3, 0.4) is 0 Å². The number of ether oxygens (including phenoxy) is 1. The Balaban J connectivity index is 1.71. The number of methoxy groups -OCH3 is 1. The molecule has 0 spiro atoms. The Labute approximate surface area is 125 Å². The summed E-state index contributed by atoms with van der Waals surface area (Å²) in [6.45, 7) is 2.38. The van der Waals surface area contributed by atoms with Crippen molar-refractivity contribution in [3.63, 3.8) is 0 Å². The third-order valence-corrected chi connectivity index (χ3v) is 4.13. The van der Waals surface area contributed by atoms with E-state index in [0.29, 0.717) is 0 Å². The van der Waals surface area contributed by atoms with Crippen LogP contribution in [0.15, 0.2) is 30.3 Å². The summed E-state index contributed by atoms with van der Waals surface area (Å²) in [7, 11) is 3.78. The average molecular weight is 286 g/mol. The van der Waals surface area contributed by atoms with E-state index >= 15 is 0 Å². The lowest BCUT2D eigenvalue weighted by molar-refractivity contribution is 0.157. The van der Waals surface area contributed by atoms with Crippen molar-refractivity contribution in [1.29, 1.82) is 0 Å². The van der Waals surface area contributed by atoms with Gasteiger partial charge in [-0.05, 0) is 25.5 Å². The van der Waals surface area contributed by atoms with Crippen molar-refractivity contribution < 1.29 is 4.74 Å². The zero-order valence-corrected chi connectivity index (χ0v) is 12.7. The van der Waals surface area contributed by atoms with Crippen LogP contribution < -0.4 is 0 Å². The Kier molecular flexibility index (Phi) is 4.03. The first kappa shape index (κ1) is 14.2. The number of H-pyrrole nitrogens is 1. The van der Waals surface area contributed by atoms with Crippen LogP contribution in [-0.4, -0.2) is 47.4 Å². The fourth-order valence-corrected chi connectivity index (χ4v) is 2.69. The van der Waals surface area contributed by atoms with E-state index in [0.717, 1.165) is 44.2 Å². The van der Waals surface area contributed by atoms with E-state index < -0.39 is 0 Å². The van der Waals surface area contributed by atoms with Gasteiger partial charge in [0.2, 0.25) is 0 Å². The Morgan fingerprint density at radius 2 is 2.05 bits per heavy atom. The van der Waals surface area contributed by atoms with Crippen molar-refractivity contribution in [1.82, 2.24) is 20.1 Å². The van der Waals surface area contributed by atoms with Crippen LogP contribution in [0.5, 0.6) is 0 Å². The number of aromatic amines is 1. The standard InChI is InChI=1S/C16H22N4O/c1-20(10-11-21-2)12-14-17-15(19-18-14)16(8-9-16)13-6-4-3-5-7-13/h3-7H,8-12H2,1-2H3,(H,17,18,19). The van der Waals surface area contributed by atoms with E-state index in [1.54, 1.807) is 7.11 Å². The minimum absolute atomic E-state index is 0.0428. The summed E-state index contributed by atoms with van der Waals surface area (Å²) in [4.78, 5) is 6.90. The number of benzene rings is 1. The van der Waals surface area contributed by atoms with Crippen molar-refractivity contribution in [2.75, 3.05) is 27.3 Å². The molecule has 1 N–H and O–H groups in total. The second-order valence-corrected chi connectivity index (χ2v) is 5.78. The van der Waals surface area contributed by atoms with Gasteiger partial charge in [0, 0.05) is 13.7 Å². The minimum Gasteiger partial charge on any atom is -0.383 e. The molecule has 0 aliphatic heterocycles. The van der Waals surface area contributed by atoms with Gasteiger partial charge in [-0.25, -0.2) is 4.98 Å². The first-order valence-corrected chi connectivity index (χ1v) is 7.39. The summed E-state index contributed by atoms with van der Waals surface area (Å²) < 4.78 is 5.09. The molecule has 0 atom stereocenters. The molecule has 1 aromatic heterocycles. The van der Waals surface area contributed by atoms with Gasteiger partial charge in [-0.1, -0.05) is 30.3 Å². The molecule has 3 rings (SSSR count). The predicted octanol–water partition coefficient (Wildman–Crippen LogP) is 1.96.